The van der Waals surface area contributed by atoms with E-state index in [9.17, 15) is 0 Å². The van der Waals surface area contributed by atoms with Gasteiger partial charge >= 0.3 is 0 Å². The van der Waals surface area contributed by atoms with Crippen LogP contribution in [0.2, 0.25) is 0 Å². The zero-order chi connectivity index (χ0) is 14.5. The zero-order valence-electron chi connectivity index (χ0n) is 12.1. The maximum atomic E-state index is 4.49. The normalized spacial score (nSPS) is 10.7. The van der Waals surface area contributed by atoms with E-state index in [1.165, 1.54) is 5.56 Å². The van der Waals surface area contributed by atoms with E-state index in [-0.39, 0.29) is 0 Å². The number of hydrogen-bond acceptors (Lipinski definition) is 4. The average molecular weight is 278 g/mol. The van der Waals surface area contributed by atoms with Gasteiger partial charge in [-0.1, -0.05) is 12.1 Å². The predicted octanol–water partition coefficient (Wildman–Crippen LogP) is 3.09. The minimum atomic E-state index is 0.923. The summed E-state index contributed by atoms with van der Waals surface area (Å²) in [5.41, 5.74) is 2.28. The molecule has 0 aliphatic rings. The highest BCUT2D eigenvalue weighted by molar-refractivity contribution is 5.89. The van der Waals surface area contributed by atoms with E-state index in [1.54, 1.807) is 6.33 Å². The number of nitrogens with zero attached hydrogens (tertiary/aromatic N) is 4. The third-order valence-corrected chi connectivity index (χ3v) is 3.62. The zero-order valence-corrected chi connectivity index (χ0v) is 12.1. The molecule has 3 aromatic rings. The minimum Gasteiger partial charge on any atom is -0.356 e. The minimum absolute atomic E-state index is 0.923. The molecule has 0 bridgehead atoms. The van der Waals surface area contributed by atoms with Crippen molar-refractivity contribution in [3.8, 4) is 0 Å². The van der Waals surface area contributed by atoms with Crippen LogP contribution in [-0.4, -0.2) is 28.0 Å². The number of benzene rings is 1. The summed E-state index contributed by atoms with van der Waals surface area (Å²) in [6.07, 6.45) is 6.30. The molecule has 0 radical (unpaired) electrons. The molecule has 0 saturated carbocycles. The van der Waals surface area contributed by atoms with Crippen LogP contribution < -0.4 is 4.90 Å². The highest BCUT2D eigenvalue weighted by Crippen LogP contribution is 2.22. The molecular formula is C17H18N4. The van der Waals surface area contributed by atoms with Crippen LogP contribution in [0.1, 0.15) is 12.5 Å². The maximum absolute atomic E-state index is 4.49. The van der Waals surface area contributed by atoms with Crippen molar-refractivity contribution in [2.45, 2.75) is 13.3 Å². The Labute approximate surface area is 124 Å². The number of fused-ring (bicyclic) bond motifs is 1. The molecule has 4 nitrogen and oxygen atoms in total. The molecule has 4 heteroatoms. The van der Waals surface area contributed by atoms with Crippen molar-refractivity contribution >= 4 is 16.7 Å². The van der Waals surface area contributed by atoms with Crippen LogP contribution in [0.15, 0.2) is 55.1 Å². The molecule has 0 aliphatic heterocycles. The molecule has 3 rings (SSSR count). The quantitative estimate of drug-likeness (QED) is 0.719. The van der Waals surface area contributed by atoms with Gasteiger partial charge in [-0.2, -0.15) is 0 Å². The van der Waals surface area contributed by atoms with Crippen molar-refractivity contribution in [2.24, 2.45) is 0 Å². The van der Waals surface area contributed by atoms with E-state index in [2.05, 4.69) is 45.0 Å². The molecule has 106 valence electrons. The molecule has 0 atom stereocenters. The smallest absolute Gasteiger partial charge is 0.139 e. The summed E-state index contributed by atoms with van der Waals surface area (Å²) in [6.45, 7) is 4.01. The van der Waals surface area contributed by atoms with Crippen LogP contribution in [0.3, 0.4) is 0 Å². The number of likely N-dealkylation sites (N-methyl/N-ethyl adjacent to an activating group) is 1. The van der Waals surface area contributed by atoms with E-state index < -0.39 is 0 Å². The van der Waals surface area contributed by atoms with E-state index in [1.807, 2.05) is 30.6 Å². The number of para-hydroxylation sites is 1. The third kappa shape index (κ3) is 2.99. The summed E-state index contributed by atoms with van der Waals surface area (Å²) in [7, 11) is 0. The summed E-state index contributed by atoms with van der Waals surface area (Å²) in [4.78, 5) is 15.2. The molecule has 21 heavy (non-hydrogen) atoms. The van der Waals surface area contributed by atoms with Crippen LogP contribution in [0.5, 0.6) is 0 Å². The monoisotopic (exact) mass is 278 g/mol. The fourth-order valence-electron chi connectivity index (χ4n) is 2.47. The van der Waals surface area contributed by atoms with Gasteiger partial charge < -0.3 is 4.90 Å². The highest BCUT2D eigenvalue weighted by atomic mass is 15.2. The lowest BCUT2D eigenvalue weighted by molar-refractivity contribution is 0.796. The summed E-state index contributed by atoms with van der Waals surface area (Å²) < 4.78 is 0. The summed E-state index contributed by atoms with van der Waals surface area (Å²) in [5, 5.41) is 1.11. The van der Waals surface area contributed by atoms with Crippen molar-refractivity contribution in [3.63, 3.8) is 0 Å². The highest BCUT2D eigenvalue weighted by Gasteiger charge is 2.10. The van der Waals surface area contributed by atoms with Gasteiger partial charge in [-0.3, -0.25) is 4.98 Å². The molecule has 0 aliphatic carbocycles. The second-order valence-corrected chi connectivity index (χ2v) is 4.90. The molecule has 0 saturated heterocycles. The summed E-state index contributed by atoms with van der Waals surface area (Å²) >= 11 is 0. The maximum Gasteiger partial charge on any atom is 0.139 e. The average Bonchev–Trinajstić information content (AvgIpc) is 2.56. The number of rotatable bonds is 5. The lowest BCUT2D eigenvalue weighted by Gasteiger charge is -2.23. The van der Waals surface area contributed by atoms with Crippen molar-refractivity contribution in [3.05, 3.63) is 60.7 Å². The Kier molecular flexibility index (Phi) is 4.05. The number of aromatic nitrogens is 3. The summed E-state index contributed by atoms with van der Waals surface area (Å²) in [6, 6.07) is 12.3. The van der Waals surface area contributed by atoms with Crippen LogP contribution in [0, 0.1) is 0 Å². The Morgan fingerprint density at radius 2 is 1.81 bits per heavy atom. The molecule has 0 spiro atoms. The van der Waals surface area contributed by atoms with Crippen LogP contribution in [0.4, 0.5) is 5.82 Å². The van der Waals surface area contributed by atoms with Gasteiger partial charge in [0.2, 0.25) is 0 Å². The first-order valence-corrected chi connectivity index (χ1v) is 7.22. The Morgan fingerprint density at radius 1 is 1.00 bits per heavy atom. The van der Waals surface area contributed by atoms with E-state index in [0.717, 1.165) is 36.2 Å². The van der Waals surface area contributed by atoms with Gasteiger partial charge in [0.15, 0.2) is 0 Å². The van der Waals surface area contributed by atoms with Gasteiger partial charge in [-0.05, 0) is 43.2 Å². The summed E-state index contributed by atoms with van der Waals surface area (Å²) in [5.74, 6) is 1.01. The largest absolute Gasteiger partial charge is 0.356 e. The standard InChI is InChI=1S/C17H18N4/c1-2-21(12-9-14-7-10-18-11-8-14)17-15-5-3-4-6-16(15)19-13-20-17/h3-8,10-11,13H,2,9,12H2,1H3. The Balaban J connectivity index is 1.85. The first kappa shape index (κ1) is 13.5. The third-order valence-electron chi connectivity index (χ3n) is 3.62. The SMILES string of the molecule is CCN(CCc1ccncc1)c1ncnc2ccccc12. The van der Waals surface area contributed by atoms with Crippen LogP contribution in [-0.2, 0) is 6.42 Å². The van der Waals surface area contributed by atoms with Gasteiger partial charge in [0.25, 0.3) is 0 Å². The molecule has 0 unspecified atom stereocenters. The number of pyridine rings is 1. The Hall–Kier alpha value is -2.49. The molecular weight excluding hydrogens is 260 g/mol. The first-order chi connectivity index (χ1) is 10.4. The van der Waals surface area contributed by atoms with Crippen molar-refractivity contribution in [1.29, 1.82) is 0 Å². The van der Waals surface area contributed by atoms with Crippen molar-refractivity contribution < 1.29 is 0 Å². The van der Waals surface area contributed by atoms with E-state index >= 15 is 0 Å². The van der Waals surface area contributed by atoms with Gasteiger partial charge in [0.1, 0.15) is 12.1 Å². The van der Waals surface area contributed by atoms with Gasteiger partial charge in [-0.25, -0.2) is 9.97 Å². The van der Waals surface area contributed by atoms with Gasteiger partial charge in [0, 0.05) is 30.9 Å². The van der Waals surface area contributed by atoms with Gasteiger partial charge in [-0.15, -0.1) is 0 Å². The first-order valence-electron chi connectivity index (χ1n) is 7.22. The van der Waals surface area contributed by atoms with Crippen molar-refractivity contribution in [1.82, 2.24) is 15.0 Å². The van der Waals surface area contributed by atoms with Crippen molar-refractivity contribution in [2.75, 3.05) is 18.0 Å². The molecule has 0 amide bonds. The second kappa shape index (κ2) is 6.31. The fraction of sp³-hybridized carbons (Fsp3) is 0.235. The van der Waals surface area contributed by atoms with E-state index in [0.29, 0.717) is 0 Å². The number of hydrogen-bond donors (Lipinski definition) is 0. The molecule has 2 aromatic heterocycles. The Bertz CT molecular complexity index is 707. The van der Waals surface area contributed by atoms with Gasteiger partial charge in [0.05, 0.1) is 5.52 Å². The fourth-order valence-corrected chi connectivity index (χ4v) is 2.47. The number of anilines is 1. The van der Waals surface area contributed by atoms with Crippen LogP contribution >= 0.6 is 0 Å². The molecule has 1 aromatic carbocycles. The molecule has 0 N–H and O–H groups in total. The Morgan fingerprint density at radius 3 is 2.62 bits per heavy atom. The predicted molar refractivity (Wildman–Crippen MR) is 85.4 cm³/mol. The topological polar surface area (TPSA) is 41.9 Å². The van der Waals surface area contributed by atoms with E-state index in [4.69, 9.17) is 0 Å². The molecule has 2 heterocycles. The van der Waals surface area contributed by atoms with Crippen LogP contribution in [0.25, 0.3) is 10.9 Å². The second-order valence-electron chi connectivity index (χ2n) is 4.90. The lowest BCUT2D eigenvalue weighted by atomic mass is 10.2. The lowest BCUT2D eigenvalue weighted by Crippen LogP contribution is -2.26. The molecule has 0 fully saturated rings.